The molecule has 0 bridgehead atoms. The molecule has 0 heterocycles. The average Bonchev–Trinajstić information content (AvgIpc) is 2.25. The van der Waals surface area contributed by atoms with Crippen LogP contribution in [0.3, 0.4) is 0 Å². The van der Waals surface area contributed by atoms with Crippen molar-refractivity contribution in [1.29, 1.82) is 0 Å². The van der Waals surface area contributed by atoms with Gasteiger partial charge in [-0.25, -0.2) is 0 Å². The molecule has 2 nitrogen and oxygen atoms in total. The Hall–Kier alpha value is -0.800. The first-order chi connectivity index (χ1) is 7.60. The Balaban J connectivity index is 3.03. The molecule has 3 N–H and O–H groups in total. The van der Waals surface area contributed by atoms with Crippen molar-refractivity contribution in [2.45, 2.75) is 32.7 Å². The summed E-state index contributed by atoms with van der Waals surface area (Å²) in [6.07, 6.45) is 2.11. The zero-order chi connectivity index (χ0) is 12.1. The third-order valence-corrected chi connectivity index (χ3v) is 3.12. The van der Waals surface area contributed by atoms with E-state index in [1.807, 2.05) is 12.1 Å². The third kappa shape index (κ3) is 3.09. The first-order valence-corrected chi connectivity index (χ1v) is 6.23. The van der Waals surface area contributed by atoms with Gasteiger partial charge < -0.3 is 11.1 Å². The fourth-order valence-corrected chi connectivity index (χ4v) is 2.16. The Bertz CT molecular complexity index is 375. The summed E-state index contributed by atoms with van der Waals surface area (Å²) in [4.78, 5) is 0.332. The van der Waals surface area contributed by atoms with Gasteiger partial charge in [0.1, 0.15) is 4.99 Å². The first kappa shape index (κ1) is 13.3. The predicted molar refractivity (Wildman–Crippen MR) is 75.3 cm³/mol. The van der Waals surface area contributed by atoms with Gasteiger partial charge in [0.15, 0.2) is 0 Å². The first-order valence-electron chi connectivity index (χ1n) is 5.45. The lowest BCUT2D eigenvalue weighted by Gasteiger charge is -2.19. The summed E-state index contributed by atoms with van der Waals surface area (Å²) >= 11 is 11.1. The largest absolute Gasteiger partial charge is 0.389 e. The molecule has 1 rings (SSSR count). The predicted octanol–water partition coefficient (Wildman–Crippen LogP) is 3.57. The number of halogens is 1. The average molecular weight is 257 g/mol. The van der Waals surface area contributed by atoms with Gasteiger partial charge in [0.05, 0.1) is 10.6 Å². The monoisotopic (exact) mass is 256 g/mol. The van der Waals surface area contributed by atoms with Crippen molar-refractivity contribution >= 4 is 34.5 Å². The molecule has 1 aromatic rings. The van der Waals surface area contributed by atoms with E-state index in [1.165, 1.54) is 0 Å². The van der Waals surface area contributed by atoms with Gasteiger partial charge in [-0.15, -0.1) is 0 Å². The molecule has 0 aliphatic rings. The summed E-state index contributed by atoms with van der Waals surface area (Å²) in [5, 5.41) is 4.02. The number of thiocarbonyl (C=S) groups is 1. The van der Waals surface area contributed by atoms with Crippen molar-refractivity contribution in [3.05, 3.63) is 28.8 Å². The van der Waals surface area contributed by atoms with Crippen molar-refractivity contribution in [1.82, 2.24) is 0 Å². The lowest BCUT2D eigenvalue weighted by molar-refractivity contribution is 0.671. The van der Waals surface area contributed by atoms with E-state index < -0.39 is 0 Å². The Kier molecular flexibility index (Phi) is 5.03. The zero-order valence-corrected chi connectivity index (χ0v) is 11.2. The highest BCUT2D eigenvalue weighted by Gasteiger charge is 2.11. The van der Waals surface area contributed by atoms with Crippen LogP contribution >= 0.6 is 23.8 Å². The molecule has 4 heteroatoms. The lowest BCUT2D eigenvalue weighted by atomic mass is 10.1. The van der Waals surface area contributed by atoms with Crippen LogP contribution in [0.15, 0.2) is 18.2 Å². The molecule has 0 amide bonds. The maximum atomic E-state index is 6.09. The lowest BCUT2D eigenvalue weighted by Crippen LogP contribution is -2.21. The van der Waals surface area contributed by atoms with Crippen LogP contribution in [-0.2, 0) is 0 Å². The van der Waals surface area contributed by atoms with Crippen molar-refractivity contribution in [2.75, 3.05) is 5.32 Å². The van der Waals surface area contributed by atoms with Gasteiger partial charge in [0.2, 0.25) is 0 Å². The molecule has 0 saturated carbocycles. The molecule has 88 valence electrons. The van der Waals surface area contributed by atoms with Gasteiger partial charge in [-0.2, -0.15) is 0 Å². The summed E-state index contributed by atoms with van der Waals surface area (Å²) in [5.74, 6) is 0. The van der Waals surface area contributed by atoms with Crippen LogP contribution in [0.25, 0.3) is 0 Å². The molecule has 0 fully saturated rings. The molecule has 16 heavy (non-hydrogen) atoms. The summed E-state index contributed by atoms with van der Waals surface area (Å²) in [6.45, 7) is 4.29. The molecule has 0 unspecified atom stereocenters. The number of nitrogens with one attached hydrogen (secondary N) is 1. The van der Waals surface area contributed by atoms with E-state index in [1.54, 1.807) is 6.07 Å². The molecular formula is C12H17ClN2S. The zero-order valence-electron chi connectivity index (χ0n) is 9.59. The number of nitrogens with two attached hydrogens (primary N) is 1. The van der Waals surface area contributed by atoms with E-state index in [-0.39, 0.29) is 0 Å². The van der Waals surface area contributed by atoms with Gasteiger partial charge in [-0.1, -0.05) is 43.7 Å². The molecule has 0 spiro atoms. The highest BCUT2D eigenvalue weighted by Crippen LogP contribution is 2.25. The molecule has 0 radical (unpaired) electrons. The number of hydrogen-bond acceptors (Lipinski definition) is 2. The molecule has 0 aliphatic heterocycles. The summed E-state index contributed by atoms with van der Waals surface area (Å²) in [7, 11) is 0. The Labute approximate surface area is 107 Å². The SMILES string of the molecule is CCC(CC)Nc1cccc(Cl)c1C(N)=S. The quantitative estimate of drug-likeness (QED) is 0.791. The van der Waals surface area contributed by atoms with Crippen molar-refractivity contribution in [3.63, 3.8) is 0 Å². The maximum Gasteiger partial charge on any atom is 0.107 e. The Morgan fingerprint density at radius 1 is 1.44 bits per heavy atom. The molecule has 1 aromatic carbocycles. The minimum atomic E-state index is 0.332. The van der Waals surface area contributed by atoms with Crippen LogP contribution in [-0.4, -0.2) is 11.0 Å². The molecular weight excluding hydrogens is 240 g/mol. The normalized spacial score (nSPS) is 10.5. The minimum absolute atomic E-state index is 0.332. The minimum Gasteiger partial charge on any atom is -0.389 e. The number of hydrogen-bond donors (Lipinski definition) is 2. The number of benzene rings is 1. The highest BCUT2D eigenvalue weighted by molar-refractivity contribution is 7.80. The molecule has 0 aromatic heterocycles. The second kappa shape index (κ2) is 6.06. The Morgan fingerprint density at radius 3 is 2.56 bits per heavy atom. The van der Waals surface area contributed by atoms with E-state index in [0.717, 1.165) is 24.1 Å². The van der Waals surface area contributed by atoms with Gasteiger partial charge in [-0.05, 0) is 25.0 Å². The van der Waals surface area contributed by atoms with Crippen LogP contribution in [0.2, 0.25) is 5.02 Å². The highest BCUT2D eigenvalue weighted by atomic mass is 35.5. The number of anilines is 1. The van der Waals surface area contributed by atoms with Crippen LogP contribution in [0.4, 0.5) is 5.69 Å². The van der Waals surface area contributed by atoms with Crippen LogP contribution in [0.5, 0.6) is 0 Å². The van der Waals surface area contributed by atoms with Crippen LogP contribution in [0, 0.1) is 0 Å². The maximum absolute atomic E-state index is 6.09. The van der Waals surface area contributed by atoms with Crippen LogP contribution in [0.1, 0.15) is 32.3 Å². The van der Waals surface area contributed by atoms with Gasteiger partial charge in [0.25, 0.3) is 0 Å². The molecule has 0 saturated heterocycles. The number of rotatable bonds is 5. The van der Waals surface area contributed by atoms with E-state index in [0.29, 0.717) is 16.1 Å². The topological polar surface area (TPSA) is 38.0 Å². The van der Waals surface area contributed by atoms with Crippen LogP contribution < -0.4 is 11.1 Å². The second-order valence-corrected chi connectivity index (χ2v) is 4.53. The standard InChI is InChI=1S/C12H17ClN2S/c1-3-8(4-2)15-10-7-5-6-9(13)11(10)12(14)16/h5-8,15H,3-4H2,1-2H3,(H2,14,16). The van der Waals surface area contributed by atoms with E-state index in [4.69, 9.17) is 29.6 Å². The summed E-state index contributed by atoms with van der Waals surface area (Å²) < 4.78 is 0. The van der Waals surface area contributed by atoms with Gasteiger partial charge in [0, 0.05) is 11.7 Å². The fraction of sp³-hybridized carbons (Fsp3) is 0.417. The van der Waals surface area contributed by atoms with E-state index >= 15 is 0 Å². The van der Waals surface area contributed by atoms with E-state index in [9.17, 15) is 0 Å². The second-order valence-electron chi connectivity index (χ2n) is 3.68. The fourth-order valence-electron chi connectivity index (χ4n) is 1.61. The molecule has 0 atom stereocenters. The van der Waals surface area contributed by atoms with Gasteiger partial charge >= 0.3 is 0 Å². The summed E-state index contributed by atoms with van der Waals surface area (Å²) in [6, 6.07) is 6.08. The smallest absolute Gasteiger partial charge is 0.107 e. The Morgan fingerprint density at radius 2 is 2.06 bits per heavy atom. The molecule has 0 aliphatic carbocycles. The van der Waals surface area contributed by atoms with Crippen molar-refractivity contribution in [3.8, 4) is 0 Å². The summed E-state index contributed by atoms with van der Waals surface area (Å²) in [5.41, 5.74) is 7.35. The van der Waals surface area contributed by atoms with E-state index in [2.05, 4.69) is 19.2 Å². The van der Waals surface area contributed by atoms with Gasteiger partial charge in [-0.3, -0.25) is 0 Å². The van der Waals surface area contributed by atoms with Crippen molar-refractivity contribution in [2.24, 2.45) is 5.73 Å². The van der Waals surface area contributed by atoms with Crippen molar-refractivity contribution < 1.29 is 0 Å². The third-order valence-electron chi connectivity index (χ3n) is 2.61.